The second-order valence-corrected chi connectivity index (χ2v) is 10.6. The predicted molar refractivity (Wildman–Crippen MR) is 136 cm³/mol. The number of nitrogens with zero attached hydrogens (tertiary/aromatic N) is 1. The fourth-order valence-corrected chi connectivity index (χ4v) is 6.99. The first-order valence-corrected chi connectivity index (χ1v) is 13.1. The van der Waals surface area contributed by atoms with Crippen molar-refractivity contribution in [2.75, 3.05) is 20.1 Å². The molecule has 6 rings (SSSR count). The molecule has 0 radical (unpaired) electrons. The number of piperidine rings is 1. The highest BCUT2D eigenvalue weighted by molar-refractivity contribution is 5.82. The topological polar surface area (TPSA) is 132 Å². The van der Waals surface area contributed by atoms with Crippen LogP contribution in [0.3, 0.4) is 0 Å². The first-order chi connectivity index (χ1) is 18.3. The van der Waals surface area contributed by atoms with Crippen LogP contribution in [0.2, 0.25) is 0 Å². The van der Waals surface area contributed by atoms with E-state index in [0.717, 1.165) is 17.7 Å². The molecular formula is C29H32N2O7. The summed E-state index contributed by atoms with van der Waals surface area (Å²) in [6.07, 6.45) is 1.19. The number of esters is 2. The minimum atomic E-state index is -1.28. The van der Waals surface area contributed by atoms with Crippen molar-refractivity contribution in [2.24, 2.45) is 5.73 Å². The Labute approximate surface area is 220 Å². The fourth-order valence-electron chi connectivity index (χ4n) is 6.99. The number of rotatable bonds is 7. The zero-order valence-corrected chi connectivity index (χ0v) is 21.3. The number of carbonyl (C=O) groups is 2. The zero-order valence-electron chi connectivity index (χ0n) is 21.3. The third-order valence-corrected chi connectivity index (χ3v) is 8.76. The van der Waals surface area contributed by atoms with Crippen LogP contribution in [0.4, 0.5) is 0 Å². The van der Waals surface area contributed by atoms with Gasteiger partial charge in [0.1, 0.15) is 11.5 Å². The van der Waals surface area contributed by atoms with E-state index in [1.54, 1.807) is 36.4 Å². The smallest absolute Gasteiger partial charge is 0.357 e. The van der Waals surface area contributed by atoms with Crippen molar-refractivity contribution in [3.63, 3.8) is 0 Å². The third kappa shape index (κ3) is 3.46. The van der Waals surface area contributed by atoms with Crippen molar-refractivity contribution in [1.29, 1.82) is 0 Å². The summed E-state index contributed by atoms with van der Waals surface area (Å²) in [5.41, 5.74) is 6.64. The molecule has 5 atom stereocenters. The largest absolute Gasteiger partial charge is 0.481 e. The molecule has 9 nitrogen and oxygen atoms in total. The summed E-state index contributed by atoms with van der Waals surface area (Å²) in [5.74, 6) is -0.505. The lowest BCUT2D eigenvalue weighted by atomic mass is 9.50. The lowest BCUT2D eigenvalue weighted by Gasteiger charge is -2.61. The van der Waals surface area contributed by atoms with E-state index in [1.165, 1.54) is 0 Å². The number of likely N-dealkylation sites (tertiary alicyclic amines) is 1. The quantitative estimate of drug-likeness (QED) is 0.466. The molecule has 2 bridgehead atoms. The highest BCUT2D eigenvalue weighted by atomic mass is 16.6. The Morgan fingerprint density at radius 2 is 2.03 bits per heavy atom. The molecule has 38 heavy (non-hydrogen) atoms. The van der Waals surface area contributed by atoms with Gasteiger partial charge in [-0.15, -0.1) is 0 Å². The number of hydrogen-bond donors (Lipinski definition) is 3. The Morgan fingerprint density at radius 1 is 1.24 bits per heavy atom. The molecule has 1 fully saturated rings. The summed E-state index contributed by atoms with van der Waals surface area (Å²) in [5, 5.41) is 22.4. The maximum atomic E-state index is 13.6. The molecule has 2 heterocycles. The van der Waals surface area contributed by atoms with Crippen molar-refractivity contribution in [3.05, 3.63) is 76.6 Å². The van der Waals surface area contributed by atoms with Gasteiger partial charge >= 0.3 is 11.9 Å². The van der Waals surface area contributed by atoms with Crippen LogP contribution in [0, 0.1) is 0 Å². The number of likely N-dealkylation sites (N-methyl/N-ethyl adjacent to an activating group) is 1. The molecule has 2 aliphatic heterocycles. The van der Waals surface area contributed by atoms with Crippen LogP contribution in [0.1, 0.15) is 47.6 Å². The molecule has 2 unspecified atom stereocenters. The van der Waals surface area contributed by atoms with E-state index in [1.807, 2.05) is 19.2 Å². The molecule has 4 aliphatic rings. The van der Waals surface area contributed by atoms with E-state index in [4.69, 9.17) is 19.9 Å². The highest BCUT2D eigenvalue weighted by Gasteiger charge is 2.72. The van der Waals surface area contributed by atoms with Gasteiger partial charge in [-0.3, -0.25) is 4.79 Å². The average molecular weight is 521 g/mol. The summed E-state index contributed by atoms with van der Waals surface area (Å²) in [6.45, 7) is 0.625. The van der Waals surface area contributed by atoms with Crippen molar-refractivity contribution in [1.82, 2.24) is 4.90 Å². The van der Waals surface area contributed by atoms with Crippen LogP contribution in [0.25, 0.3) is 0 Å². The molecule has 0 amide bonds. The molecule has 200 valence electrons. The van der Waals surface area contributed by atoms with E-state index >= 15 is 0 Å². The van der Waals surface area contributed by atoms with Gasteiger partial charge in [0.25, 0.3) is 0 Å². The van der Waals surface area contributed by atoms with Crippen LogP contribution < -0.4 is 10.5 Å². The van der Waals surface area contributed by atoms with Gasteiger partial charge in [0.15, 0.2) is 6.10 Å². The lowest BCUT2D eigenvalue weighted by molar-refractivity contribution is -0.176. The number of hydrogen-bond acceptors (Lipinski definition) is 9. The third-order valence-electron chi connectivity index (χ3n) is 8.76. The average Bonchev–Trinajstić information content (AvgIpc) is 3.27. The Morgan fingerprint density at radius 3 is 2.76 bits per heavy atom. The van der Waals surface area contributed by atoms with E-state index in [9.17, 15) is 19.8 Å². The number of benzene rings is 2. The molecule has 9 heteroatoms. The van der Waals surface area contributed by atoms with Crippen molar-refractivity contribution < 1.29 is 34.0 Å². The van der Waals surface area contributed by atoms with E-state index in [0.29, 0.717) is 29.7 Å². The Kier molecular flexibility index (Phi) is 6.07. The van der Waals surface area contributed by atoms with Gasteiger partial charge in [0.05, 0.1) is 24.0 Å². The molecule has 0 aromatic heterocycles. The predicted octanol–water partition coefficient (Wildman–Crippen LogP) is 1.63. The van der Waals surface area contributed by atoms with Gasteiger partial charge < -0.3 is 35.1 Å². The summed E-state index contributed by atoms with van der Waals surface area (Å²) in [4.78, 5) is 28.1. The Hall–Kier alpha value is -3.24. The summed E-state index contributed by atoms with van der Waals surface area (Å²) in [6, 6.07) is 12.4. The number of nitrogens with two attached hydrogens (primary N) is 1. The maximum absolute atomic E-state index is 13.6. The molecular weight excluding hydrogens is 488 g/mol. The van der Waals surface area contributed by atoms with Gasteiger partial charge in [-0.05, 0) is 38.1 Å². The SMILES string of the molecule is CN1CCC23c4c5ccc(CO)c4OC2C(OC(=O)[C@@H](OC(=O)CCN)c2ccccc2)=CC[C@@]3(O)[C@H]1C5. The van der Waals surface area contributed by atoms with Crippen LogP contribution in [0.5, 0.6) is 5.75 Å². The fraction of sp³-hybridized carbons (Fsp3) is 0.448. The molecule has 2 aliphatic carbocycles. The minimum Gasteiger partial charge on any atom is -0.481 e. The van der Waals surface area contributed by atoms with Gasteiger partial charge in [0, 0.05) is 35.7 Å². The van der Waals surface area contributed by atoms with Crippen LogP contribution >= 0.6 is 0 Å². The monoisotopic (exact) mass is 520 g/mol. The van der Waals surface area contributed by atoms with Crippen LogP contribution in [0.15, 0.2) is 54.3 Å². The number of aliphatic hydroxyl groups excluding tert-OH is 1. The number of aliphatic hydroxyl groups is 2. The first kappa shape index (κ1) is 25.1. The van der Waals surface area contributed by atoms with Crippen molar-refractivity contribution in [2.45, 2.75) is 61.6 Å². The minimum absolute atomic E-state index is 0.0296. The first-order valence-electron chi connectivity index (χ1n) is 13.1. The molecule has 0 saturated carbocycles. The standard InChI is InChI=1S/C29H32N2O7/c1-31-14-12-28-23-18-7-8-19(16-32)24(23)38-26(28)20(9-11-29(28,35)21(31)15-18)36-27(34)25(37-22(33)10-13-30)17-5-3-2-4-6-17/h2-9,21,25-26,32,35H,10-16,30H2,1H3/t21-,25+,26?,28?,29-/m1/s1. The summed E-state index contributed by atoms with van der Waals surface area (Å²) < 4.78 is 18.0. The van der Waals surface area contributed by atoms with Crippen molar-refractivity contribution in [3.8, 4) is 5.75 Å². The number of carbonyl (C=O) groups excluding carboxylic acids is 2. The molecule has 1 saturated heterocycles. The molecule has 2 aromatic carbocycles. The van der Waals surface area contributed by atoms with Crippen LogP contribution in [-0.4, -0.2) is 64.9 Å². The summed E-state index contributed by atoms with van der Waals surface area (Å²) >= 11 is 0. The van der Waals surface area contributed by atoms with Gasteiger partial charge in [-0.25, -0.2) is 4.79 Å². The van der Waals surface area contributed by atoms with Gasteiger partial charge in [-0.2, -0.15) is 0 Å². The maximum Gasteiger partial charge on any atom is 0.357 e. The Balaban J connectivity index is 1.39. The molecule has 1 spiro atoms. The van der Waals surface area contributed by atoms with E-state index in [-0.39, 0.29) is 37.8 Å². The highest BCUT2D eigenvalue weighted by Crippen LogP contribution is 2.64. The Bertz CT molecular complexity index is 1310. The molecule has 2 aromatic rings. The normalized spacial score (nSPS) is 29.5. The second-order valence-electron chi connectivity index (χ2n) is 10.6. The second kappa shape index (κ2) is 9.20. The van der Waals surface area contributed by atoms with Gasteiger partial charge in [-0.1, -0.05) is 42.5 Å². The molecule has 4 N–H and O–H groups in total. The summed E-state index contributed by atoms with van der Waals surface area (Å²) in [7, 11) is 2.02. The number of ether oxygens (including phenoxy) is 3. The van der Waals surface area contributed by atoms with E-state index in [2.05, 4.69) is 4.90 Å². The van der Waals surface area contributed by atoms with Crippen LogP contribution in [-0.2, 0) is 37.5 Å². The lowest BCUT2D eigenvalue weighted by Crippen LogP contribution is -2.74. The van der Waals surface area contributed by atoms with E-state index < -0.39 is 35.2 Å². The van der Waals surface area contributed by atoms with Crippen molar-refractivity contribution >= 4 is 11.9 Å². The van der Waals surface area contributed by atoms with Gasteiger partial charge in [0.2, 0.25) is 6.10 Å². The zero-order chi connectivity index (χ0) is 26.7.